The Kier molecular flexibility index (Phi) is 11.9. The zero-order valence-electron chi connectivity index (χ0n) is 15.0. The second-order valence-electron chi connectivity index (χ2n) is 6.81. The van der Waals surface area contributed by atoms with Gasteiger partial charge in [0.25, 0.3) is 0 Å². The summed E-state index contributed by atoms with van der Waals surface area (Å²) in [4.78, 5) is 10.4. The van der Waals surface area contributed by atoms with Crippen molar-refractivity contribution in [1.82, 2.24) is 0 Å². The van der Waals surface area contributed by atoms with Crippen molar-refractivity contribution in [3.63, 3.8) is 0 Å². The third kappa shape index (κ3) is 12.3. The van der Waals surface area contributed by atoms with Crippen LogP contribution in [-0.4, -0.2) is 23.3 Å². The lowest BCUT2D eigenvalue weighted by molar-refractivity contribution is -0.137. The Morgan fingerprint density at radius 3 is 2.09 bits per heavy atom. The predicted octanol–water partition coefficient (Wildman–Crippen LogP) is 5.88. The van der Waals surface area contributed by atoms with Crippen LogP contribution in [0, 0.1) is 0 Å². The van der Waals surface area contributed by atoms with Gasteiger partial charge in [-0.3, -0.25) is 4.79 Å². The lowest BCUT2D eigenvalue weighted by Gasteiger charge is -1.99. The molecule has 0 spiro atoms. The average Bonchev–Trinajstić information content (AvgIpc) is 3.27. The highest BCUT2D eigenvalue weighted by Crippen LogP contribution is 2.31. The van der Waals surface area contributed by atoms with Crippen molar-refractivity contribution in [2.24, 2.45) is 0 Å². The van der Waals surface area contributed by atoms with Gasteiger partial charge >= 0.3 is 5.97 Å². The quantitative estimate of drug-likeness (QED) is 0.219. The van der Waals surface area contributed by atoms with Crippen LogP contribution in [-0.2, 0) is 9.53 Å². The van der Waals surface area contributed by atoms with Crippen LogP contribution in [0.3, 0.4) is 0 Å². The summed E-state index contributed by atoms with van der Waals surface area (Å²) in [5, 5.41) is 8.53. The van der Waals surface area contributed by atoms with E-state index >= 15 is 0 Å². The van der Waals surface area contributed by atoms with Gasteiger partial charge in [0.05, 0.1) is 12.2 Å². The normalized spacial score (nSPS) is 20.2. The fraction of sp³-hybridized carbons (Fsp3) is 0.850. The van der Waals surface area contributed by atoms with Gasteiger partial charge in [-0.25, -0.2) is 0 Å². The summed E-state index contributed by atoms with van der Waals surface area (Å²) in [6, 6.07) is 0. The van der Waals surface area contributed by atoms with Crippen LogP contribution in [0.1, 0.15) is 96.8 Å². The molecule has 1 fully saturated rings. The second kappa shape index (κ2) is 13.6. The Hall–Kier alpha value is -0.830. The summed E-state index contributed by atoms with van der Waals surface area (Å²) in [7, 11) is 0. The molecular weight excluding hydrogens is 288 g/mol. The number of carboxylic acids is 1. The molecule has 2 unspecified atom stereocenters. The molecule has 1 N–H and O–H groups in total. The van der Waals surface area contributed by atoms with Crippen LogP contribution in [0.2, 0.25) is 0 Å². The third-order valence-corrected chi connectivity index (χ3v) is 4.57. The maximum absolute atomic E-state index is 10.4. The molecule has 0 aliphatic carbocycles. The molecule has 0 bridgehead atoms. The second-order valence-corrected chi connectivity index (χ2v) is 6.81. The van der Waals surface area contributed by atoms with Crippen molar-refractivity contribution in [3.05, 3.63) is 12.2 Å². The first-order chi connectivity index (χ1) is 11.2. The molecule has 0 aromatic carbocycles. The molecule has 0 amide bonds. The first-order valence-electron chi connectivity index (χ1n) is 9.76. The molecule has 3 nitrogen and oxygen atoms in total. The molecule has 0 saturated carbocycles. The van der Waals surface area contributed by atoms with Gasteiger partial charge in [-0.05, 0) is 38.5 Å². The molecule has 0 aromatic heterocycles. The minimum absolute atomic E-state index is 0.281. The number of rotatable bonds is 16. The summed E-state index contributed by atoms with van der Waals surface area (Å²) >= 11 is 0. The van der Waals surface area contributed by atoms with Crippen molar-refractivity contribution in [2.45, 2.75) is 109 Å². The van der Waals surface area contributed by atoms with Crippen LogP contribution in [0.25, 0.3) is 0 Å². The monoisotopic (exact) mass is 324 g/mol. The van der Waals surface area contributed by atoms with Crippen molar-refractivity contribution in [2.75, 3.05) is 0 Å². The van der Waals surface area contributed by atoms with Crippen LogP contribution in [0.5, 0.6) is 0 Å². The zero-order chi connectivity index (χ0) is 16.8. The van der Waals surface area contributed by atoms with Gasteiger partial charge in [0.2, 0.25) is 0 Å². The summed E-state index contributed by atoms with van der Waals surface area (Å²) in [6.45, 7) is 2.26. The molecule has 3 heteroatoms. The largest absolute Gasteiger partial charge is 0.481 e. The highest BCUT2D eigenvalue weighted by molar-refractivity contribution is 5.66. The van der Waals surface area contributed by atoms with E-state index in [1.54, 1.807) is 0 Å². The molecule has 23 heavy (non-hydrogen) atoms. The zero-order valence-corrected chi connectivity index (χ0v) is 15.0. The third-order valence-electron chi connectivity index (χ3n) is 4.57. The molecule has 0 aromatic rings. The summed E-state index contributed by atoms with van der Waals surface area (Å²) in [5.74, 6) is -0.696. The highest BCUT2D eigenvalue weighted by Gasteiger charge is 2.36. The number of hydrogen-bond acceptors (Lipinski definition) is 2. The minimum Gasteiger partial charge on any atom is -0.481 e. The van der Waals surface area contributed by atoms with E-state index in [9.17, 15) is 4.79 Å². The molecule has 1 aliphatic rings. The van der Waals surface area contributed by atoms with E-state index in [1.165, 1.54) is 64.2 Å². The van der Waals surface area contributed by atoms with Gasteiger partial charge in [0, 0.05) is 6.42 Å². The van der Waals surface area contributed by atoms with Crippen molar-refractivity contribution >= 4 is 5.97 Å². The first-order valence-corrected chi connectivity index (χ1v) is 9.76. The smallest absolute Gasteiger partial charge is 0.303 e. The standard InChI is InChI=1S/C20H36O3/c1-2-3-4-5-9-12-15-18-19(23-18)16-13-10-7-6-8-11-14-17-20(21)22/h6,8,18-19H,2-5,7,9-17H2,1H3,(H,21,22)/b8-6-. The molecule has 1 saturated heterocycles. The maximum atomic E-state index is 10.4. The molecule has 1 heterocycles. The van der Waals surface area contributed by atoms with Gasteiger partial charge in [0.1, 0.15) is 0 Å². The van der Waals surface area contributed by atoms with Gasteiger partial charge in [-0.2, -0.15) is 0 Å². The van der Waals surface area contributed by atoms with Crippen molar-refractivity contribution in [3.8, 4) is 0 Å². The van der Waals surface area contributed by atoms with Crippen molar-refractivity contribution < 1.29 is 14.6 Å². The van der Waals surface area contributed by atoms with Gasteiger partial charge in [0.15, 0.2) is 0 Å². The van der Waals surface area contributed by atoms with E-state index in [0.717, 1.165) is 19.3 Å². The number of hydrogen-bond donors (Lipinski definition) is 1. The fourth-order valence-corrected chi connectivity index (χ4v) is 3.03. The number of carboxylic acid groups (broad SMARTS) is 1. The Morgan fingerprint density at radius 1 is 0.870 bits per heavy atom. The van der Waals surface area contributed by atoms with Crippen molar-refractivity contribution in [1.29, 1.82) is 0 Å². The summed E-state index contributed by atoms with van der Waals surface area (Å²) in [5.41, 5.74) is 0. The number of aliphatic carboxylic acids is 1. The van der Waals surface area contributed by atoms with Gasteiger partial charge in [-0.1, -0.05) is 64.0 Å². The first kappa shape index (κ1) is 20.2. The van der Waals surface area contributed by atoms with E-state index in [2.05, 4.69) is 19.1 Å². The number of ether oxygens (including phenoxy) is 1. The summed E-state index contributed by atoms with van der Waals surface area (Å²) in [6.07, 6.45) is 21.6. The van der Waals surface area contributed by atoms with Crippen LogP contribution >= 0.6 is 0 Å². The Bertz CT molecular complexity index is 325. The van der Waals surface area contributed by atoms with E-state index < -0.39 is 5.97 Å². The minimum atomic E-state index is -0.696. The van der Waals surface area contributed by atoms with E-state index in [0.29, 0.717) is 12.2 Å². The molecule has 134 valence electrons. The Balaban J connectivity index is 1.80. The lowest BCUT2D eigenvalue weighted by atomic mass is 10.0. The number of unbranched alkanes of at least 4 members (excludes halogenated alkanes) is 8. The SMILES string of the molecule is CCCCCCCCC1OC1CCCC/C=C\CCCC(=O)O. The van der Waals surface area contributed by atoms with Crippen LogP contribution in [0.15, 0.2) is 12.2 Å². The number of allylic oxidation sites excluding steroid dienone is 2. The number of epoxide rings is 1. The molecule has 1 aliphatic heterocycles. The maximum Gasteiger partial charge on any atom is 0.303 e. The molecule has 0 radical (unpaired) electrons. The molecule has 1 rings (SSSR count). The molecule has 2 atom stereocenters. The molecular formula is C20H36O3. The van der Waals surface area contributed by atoms with Gasteiger partial charge in [-0.15, -0.1) is 0 Å². The topological polar surface area (TPSA) is 49.8 Å². The highest BCUT2D eigenvalue weighted by atomic mass is 16.6. The van der Waals surface area contributed by atoms with Crippen LogP contribution in [0.4, 0.5) is 0 Å². The predicted molar refractivity (Wildman–Crippen MR) is 95.7 cm³/mol. The van der Waals surface area contributed by atoms with E-state index in [1.807, 2.05) is 0 Å². The van der Waals surface area contributed by atoms with E-state index in [4.69, 9.17) is 9.84 Å². The number of carbonyl (C=O) groups is 1. The Labute approximate surface area is 142 Å². The van der Waals surface area contributed by atoms with E-state index in [-0.39, 0.29) is 6.42 Å². The Morgan fingerprint density at radius 2 is 1.43 bits per heavy atom. The lowest BCUT2D eigenvalue weighted by Crippen LogP contribution is -1.94. The van der Waals surface area contributed by atoms with Gasteiger partial charge < -0.3 is 9.84 Å². The summed E-state index contributed by atoms with van der Waals surface area (Å²) < 4.78 is 5.75. The van der Waals surface area contributed by atoms with Crippen LogP contribution < -0.4 is 0 Å². The average molecular weight is 325 g/mol. The fourth-order valence-electron chi connectivity index (χ4n) is 3.03.